The number of rotatable bonds is 3. The van der Waals surface area contributed by atoms with Crippen LogP contribution in [0.5, 0.6) is 0 Å². The standard InChI is InChI=1S/C14H13Cl2FN2/c1-3-18-14-11(16)7-10(15)13(19-14)9-5-4-6-12(17)8(9)2/h4-7H,3H2,1-2H3,(H,18,19). The van der Waals surface area contributed by atoms with Crippen molar-refractivity contribution in [2.45, 2.75) is 13.8 Å². The molecule has 0 aliphatic rings. The van der Waals surface area contributed by atoms with E-state index < -0.39 is 0 Å². The van der Waals surface area contributed by atoms with Crippen molar-refractivity contribution >= 4 is 29.0 Å². The first-order valence-electron chi connectivity index (χ1n) is 5.90. The van der Waals surface area contributed by atoms with E-state index in [0.29, 0.717) is 39.2 Å². The van der Waals surface area contributed by atoms with Crippen LogP contribution in [0.3, 0.4) is 0 Å². The molecule has 2 aromatic rings. The minimum absolute atomic E-state index is 0.282. The number of nitrogens with zero attached hydrogens (tertiary/aromatic N) is 1. The number of halogens is 3. The molecule has 1 aromatic carbocycles. The molecule has 0 unspecified atom stereocenters. The largest absolute Gasteiger partial charge is 0.369 e. The summed E-state index contributed by atoms with van der Waals surface area (Å²) in [5, 5.41) is 3.90. The molecule has 0 aliphatic heterocycles. The summed E-state index contributed by atoms with van der Waals surface area (Å²) >= 11 is 12.2. The Kier molecular flexibility index (Phi) is 4.27. The second-order valence-electron chi connectivity index (χ2n) is 4.09. The molecule has 0 saturated carbocycles. The highest BCUT2D eigenvalue weighted by Gasteiger charge is 2.14. The van der Waals surface area contributed by atoms with Crippen molar-refractivity contribution < 1.29 is 4.39 Å². The van der Waals surface area contributed by atoms with Gasteiger partial charge >= 0.3 is 0 Å². The van der Waals surface area contributed by atoms with Gasteiger partial charge in [0.2, 0.25) is 0 Å². The summed E-state index contributed by atoms with van der Waals surface area (Å²) < 4.78 is 13.6. The second-order valence-corrected chi connectivity index (χ2v) is 4.91. The average Bonchev–Trinajstić information content (AvgIpc) is 2.37. The normalized spacial score (nSPS) is 10.6. The number of pyridine rings is 1. The highest BCUT2D eigenvalue weighted by atomic mass is 35.5. The van der Waals surface area contributed by atoms with Crippen molar-refractivity contribution in [3.8, 4) is 11.3 Å². The van der Waals surface area contributed by atoms with Crippen molar-refractivity contribution in [1.82, 2.24) is 4.98 Å². The van der Waals surface area contributed by atoms with Crippen LogP contribution < -0.4 is 5.32 Å². The van der Waals surface area contributed by atoms with Crippen LogP contribution in [0.15, 0.2) is 24.3 Å². The zero-order valence-electron chi connectivity index (χ0n) is 10.6. The van der Waals surface area contributed by atoms with E-state index in [1.807, 2.05) is 6.92 Å². The van der Waals surface area contributed by atoms with Crippen LogP contribution in [0, 0.1) is 12.7 Å². The summed E-state index contributed by atoms with van der Waals surface area (Å²) in [4.78, 5) is 4.39. The maximum atomic E-state index is 13.6. The molecule has 0 fully saturated rings. The Hall–Kier alpha value is -1.32. The number of anilines is 1. The van der Waals surface area contributed by atoms with Gasteiger partial charge in [0.15, 0.2) is 0 Å². The van der Waals surface area contributed by atoms with Crippen LogP contribution in [0.2, 0.25) is 10.0 Å². The van der Waals surface area contributed by atoms with E-state index in [2.05, 4.69) is 10.3 Å². The molecule has 0 aliphatic carbocycles. The van der Waals surface area contributed by atoms with E-state index in [0.717, 1.165) is 0 Å². The summed E-state index contributed by atoms with van der Waals surface area (Å²) in [7, 11) is 0. The highest BCUT2D eigenvalue weighted by Crippen LogP contribution is 2.34. The van der Waals surface area contributed by atoms with Crippen molar-refractivity contribution in [1.29, 1.82) is 0 Å². The summed E-state index contributed by atoms with van der Waals surface area (Å²) in [5.74, 6) is 0.266. The topological polar surface area (TPSA) is 24.9 Å². The van der Waals surface area contributed by atoms with E-state index in [1.165, 1.54) is 6.07 Å². The Morgan fingerprint density at radius 1 is 1.26 bits per heavy atom. The lowest BCUT2D eigenvalue weighted by Gasteiger charge is -2.12. The predicted octanol–water partition coefficient (Wildman–Crippen LogP) is 4.93. The molecule has 5 heteroatoms. The van der Waals surface area contributed by atoms with Gasteiger partial charge in [0.1, 0.15) is 11.6 Å². The molecule has 1 heterocycles. The molecule has 1 N–H and O–H groups in total. The molecule has 2 rings (SSSR count). The Labute approximate surface area is 121 Å². The predicted molar refractivity (Wildman–Crippen MR) is 78.6 cm³/mol. The first kappa shape index (κ1) is 14.1. The fourth-order valence-corrected chi connectivity index (χ4v) is 2.34. The van der Waals surface area contributed by atoms with E-state index in [-0.39, 0.29) is 5.82 Å². The Morgan fingerprint density at radius 3 is 2.68 bits per heavy atom. The number of hydrogen-bond acceptors (Lipinski definition) is 2. The van der Waals surface area contributed by atoms with Crippen LogP contribution in [0.4, 0.5) is 10.2 Å². The number of benzene rings is 1. The van der Waals surface area contributed by atoms with Crippen LogP contribution >= 0.6 is 23.2 Å². The third-order valence-corrected chi connectivity index (χ3v) is 3.37. The lowest BCUT2D eigenvalue weighted by atomic mass is 10.0. The third kappa shape index (κ3) is 2.82. The second kappa shape index (κ2) is 5.76. The minimum Gasteiger partial charge on any atom is -0.369 e. The van der Waals surface area contributed by atoms with Crippen LogP contribution in [0.1, 0.15) is 12.5 Å². The van der Waals surface area contributed by atoms with Gasteiger partial charge in [-0.25, -0.2) is 9.37 Å². The van der Waals surface area contributed by atoms with Gasteiger partial charge in [0.05, 0.1) is 15.7 Å². The van der Waals surface area contributed by atoms with Gasteiger partial charge in [-0.05, 0) is 31.5 Å². The maximum Gasteiger partial charge on any atom is 0.145 e. The molecule has 0 saturated heterocycles. The molecule has 100 valence electrons. The van der Waals surface area contributed by atoms with Gasteiger partial charge in [-0.15, -0.1) is 0 Å². The van der Waals surface area contributed by atoms with Gasteiger partial charge in [0.25, 0.3) is 0 Å². The number of hydrogen-bond donors (Lipinski definition) is 1. The van der Waals surface area contributed by atoms with Crippen LogP contribution in [-0.4, -0.2) is 11.5 Å². The van der Waals surface area contributed by atoms with Crippen LogP contribution in [0.25, 0.3) is 11.3 Å². The lowest BCUT2D eigenvalue weighted by molar-refractivity contribution is 0.619. The smallest absolute Gasteiger partial charge is 0.145 e. The summed E-state index contributed by atoms with van der Waals surface area (Å²) in [6.45, 7) is 4.33. The quantitative estimate of drug-likeness (QED) is 0.868. The molecular formula is C14H13Cl2FN2. The summed E-state index contributed by atoms with van der Waals surface area (Å²) in [6, 6.07) is 6.45. The van der Waals surface area contributed by atoms with E-state index in [4.69, 9.17) is 23.2 Å². The van der Waals surface area contributed by atoms with Crippen LogP contribution in [-0.2, 0) is 0 Å². The first-order chi connectivity index (χ1) is 9.04. The van der Waals surface area contributed by atoms with E-state index in [9.17, 15) is 4.39 Å². The van der Waals surface area contributed by atoms with Gasteiger partial charge in [0, 0.05) is 12.1 Å². The average molecular weight is 299 g/mol. The summed E-state index contributed by atoms with van der Waals surface area (Å²) in [5.41, 5.74) is 1.71. The molecule has 1 aromatic heterocycles. The zero-order valence-corrected chi connectivity index (χ0v) is 12.1. The van der Waals surface area contributed by atoms with E-state index in [1.54, 1.807) is 25.1 Å². The fourth-order valence-electron chi connectivity index (χ4n) is 1.81. The van der Waals surface area contributed by atoms with Crippen molar-refractivity contribution in [2.75, 3.05) is 11.9 Å². The van der Waals surface area contributed by atoms with E-state index >= 15 is 0 Å². The monoisotopic (exact) mass is 298 g/mol. The minimum atomic E-state index is -0.282. The van der Waals surface area contributed by atoms with Gasteiger partial charge in [-0.3, -0.25) is 0 Å². The molecule has 0 amide bonds. The molecule has 0 radical (unpaired) electrons. The zero-order chi connectivity index (χ0) is 14.0. The fraction of sp³-hybridized carbons (Fsp3) is 0.214. The highest BCUT2D eigenvalue weighted by molar-refractivity contribution is 6.37. The molecule has 0 spiro atoms. The first-order valence-corrected chi connectivity index (χ1v) is 6.65. The Morgan fingerprint density at radius 2 is 2.00 bits per heavy atom. The third-order valence-electron chi connectivity index (χ3n) is 2.80. The number of nitrogens with one attached hydrogen (secondary N) is 1. The lowest BCUT2D eigenvalue weighted by Crippen LogP contribution is -2.02. The Balaban J connectivity index is 2.61. The van der Waals surface area contributed by atoms with Crippen molar-refractivity contribution in [3.05, 3.63) is 45.7 Å². The van der Waals surface area contributed by atoms with Crippen molar-refractivity contribution in [3.63, 3.8) is 0 Å². The molecule has 2 nitrogen and oxygen atoms in total. The van der Waals surface area contributed by atoms with Gasteiger partial charge in [-0.1, -0.05) is 35.3 Å². The maximum absolute atomic E-state index is 13.6. The molecule has 19 heavy (non-hydrogen) atoms. The van der Waals surface area contributed by atoms with Gasteiger partial charge < -0.3 is 5.32 Å². The molecular weight excluding hydrogens is 286 g/mol. The van der Waals surface area contributed by atoms with Crippen molar-refractivity contribution in [2.24, 2.45) is 0 Å². The number of aromatic nitrogens is 1. The Bertz CT molecular complexity index is 615. The summed E-state index contributed by atoms with van der Waals surface area (Å²) in [6.07, 6.45) is 0. The van der Waals surface area contributed by atoms with Gasteiger partial charge in [-0.2, -0.15) is 0 Å². The molecule has 0 atom stereocenters. The molecule has 0 bridgehead atoms. The SMILES string of the molecule is CCNc1nc(-c2cccc(F)c2C)c(Cl)cc1Cl.